The number of benzene rings is 4. The molecule has 226 valence electrons. The highest BCUT2D eigenvalue weighted by Gasteiger charge is 2.36. The summed E-state index contributed by atoms with van der Waals surface area (Å²) >= 11 is 3.37. The summed E-state index contributed by atoms with van der Waals surface area (Å²) < 4.78 is 126. The number of carbonyl (C=O) groups is 1. The van der Waals surface area contributed by atoms with E-state index in [4.69, 9.17) is 9.29 Å². The van der Waals surface area contributed by atoms with Crippen LogP contribution < -0.4 is 8.92 Å². The largest absolute Gasteiger partial charge is 0.422 e. The van der Waals surface area contributed by atoms with Crippen molar-refractivity contribution in [2.75, 3.05) is 0 Å². The third-order valence-corrected chi connectivity index (χ3v) is 10.4. The molecule has 4 aromatic carbocycles. The number of hydrogen-bond donors (Lipinski definition) is 1. The van der Waals surface area contributed by atoms with E-state index >= 15 is 0 Å². The van der Waals surface area contributed by atoms with Crippen LogP contribution in [0.3, 0.4) is 0 Å². The highest BCUT2D eigenvalue weighted by molar-refractivity contribution is 14.1. The Labute approximate surface area is 269 Å². The first-order chi connectivity index (χ1) is 19.9. The number of hydrogen-bond acceptors (Lipinski definition) is 7. The molecule has 16 heteroatoms. The summed E-state index contributed by atoms with van der Waals surface area (Å²) in [6.45, 7) is 7.10. The first kappa shape index (κ1) is 33.1. The van der Waals surface area contributed by atoms with E-state index in [2.05, 4.69) is 10.8 Å². The second kappa shape index (κ2) is 11.9. The molecule has 0 unspecified atom stereocenters. The Morgan fingerprint density at radius 3 is 1.95 bits per heavy atom. The number of carbonyl (C=O) groups excluding carboxylic acids is 1. The molecule has 0 spiro atoms. The van der Waals surface area contributed by atoms with Gasteiger partial charge >= 0.3 is 26.2 Å². The minimum absolute atomic E-state index is 0.0769. The number of rotatable bonds is 7. The number of fused-ring (bicyclic) bond motifs is 1. The van der Waals surface area contributed by atoms with Gasteiger partial charge < -0.3 is 8.92 Å². The number of ether oxygens (including phenoxy) is 1. The van der Waals surface area contributed by atoms with Gasteiger partial charge in [0, 0.05) is 17.9 Å². The molecule has 4 aromatic rings. The molecule has 0 bridgehead atoms. The second-order valence-corrected chi connectivity index (χ2v) is 14.1. The second-order valence-electron chi connectivity index (χ2n) is 8.90. The van der Waals surface area contributed by atoms with Crippen molar-refractivity contribution >= 4 is 88.2 Å². The zero-order valence-electron chi connectivity index (χ0n) is 21.6. The van der Waals surface area contributed by atoms with Gasteiger partial charge in [-0.1, -0.05) is 36.9 Å². The van der Waals surface area contributed by atoms with Crippen molar-refractivity contribution in [3.8, 4) is 11.5 Å². The van der Waals surface area contributed by atoms with Crippen LogP contribution in [-0.4, -0.2) is 27.4 Å². The highest BCUT2D eigenvalue weighted by Crippen LogP contribution is 2.41. The third kappa shape index (κ3) is 6.11. The molecule has 0 saturated heterocycles. The zero-order valence-corrected chi connectivity index (χ0v) is 27.6. The topological polar surface area (TPSA) is 124 Å². The van der Waals surface area contributed by atoms with Crippen LogP contribution in [-0.2, 0) is 20.2 Å². The Balaban J connectivity index is 1.88. The van der Waals surface area contributed by atoms with Crippen LogP contribution in [0.2, 0.25) is 0 Å². The molecule has 43 heavy (non-hydrogen) atoms. The van der Waals surface area contributed by atoms with E-state index in [0.29, 0.717) is 14.7 Å². The molecule has 0 aliphatic carbocycles. The first-order valence-corrected chi connectivity index (χ1v) is 16.6. The molecule has 0 saturated carbocycles. The lowest BCUT2D eigenvalue weighted by atomic mass is 9.99. The van der Waals surface area contributed by atoms with Crippen LogP contribution in [0, 0.1) is 44.3 Å². The zero-order chi connectivity index (χ0) is 32.2. The van der Waals surface area contributed by atoms with E-state index in [1.807, 2.05) is 22.6 Å². The minimum Gasteiger partial charge on any atom is -0.422 e. The quantitative estimate of drug-likeness (QED) is 0.0398. The van der Waals surface area contributed by atoms with Crippen LogP contribution in [0.1, 0.15) is 27.0 Å². The highest BCUT2D eigenvalue weighted by atomic mass is 127. The van der Waals surface area contributed by atoms with Gasteiger partial charge in [0.05, 0.1) is 5.56 Å². The molecular weight excluding hydrogens is 846 g/mol. The van der Waals surface area contributed by atoms with Crippen LogP contribution in [0.4, 0.5) is 17.6 Å². The fourth-order valence-corrected chi connectivity index (χ4v) is 8.27. The molecule has 0 aliphatic rings. The Hall–Kier alpha value is -2.81. The molecule has 4 rings (SSSR count). The van der Waals surface area contributed by atoms with Crippen molar-refractivity contribution in [3.63, 3.8) is 0 Å². The van der Waals surface area contributed by atoms with E-state index in [9.17, 15) is 39.2 Å². The van der Waals surface area contributed by atoms with Gasteiger partial charge in [-0.25, -0.2) is 13.6 Å². The summed E-state index contributed by atoms with van der Waals surface area (Å²) in [5.74, 6) is -13.2. The van der Waals surface area contributed by atoms with Gasteiger partial charge in [0.25, 0.3) is 0 Å². The predicted molar refractivity (Wildman–Crippen MR) is 164 cm³/mol. The lowest BCUT2D eigenvalue weighted by Gasteiger charge is -2.17. The lowest BCUT2D eigenvalue weighted by Crippen LogP contribution is -2.18. The van der Waals surface area contributed by atoms with Gasteiger partial charge in [0.1, 0.15) is 10.6 Å². The van der Waals surface area contributed by atoms with E-state index in [1.54, 1.807) is 38.1 Å². The van der Waals surface area contributed by atoms with E-state index in [-0.39, 0.29) is 25.7 Å². The average molecular weight is 862 g/mol. The molecule has 0 heterocycles. The van der Waals surface area contributed by atoms with Gasteiger partial charge in [-0.3, -0.25) is 4.55 Å². The van der Waals surface area contributed by atoms with Crippen molar-refractivity contribution in [1.29, 1.82) is 0 Å². The fraction of sp³-hybridized carbons (Fsp3) is 0.0741. The molecular formula is C27H16F4I2O8S2. The fourth-order valence-electron chi connectivity index (χ4n) is 4.31. The van der Waals surface area contributed by atoms with Crippen molar-refractivity contribution in [2.45, 2.75) is 23.6 Å². The molecule has 0 aromatic heterocycles. The van der Waals surface area contributed by atoms with Crippen LogP contribution in [0.25, 0.3) is 16.8 Å². The monoisotopic (exact) mass is 862 g/mol. The summed E-state index contributed by atoms with van der Waals surface area (Å²) in [7, 11) is -11.1. The van der Waals surface area contributed by atoms with Crippen LogP contribution in [0.5, 0.6) is 11.5 Å². The van der Waals surface area contributed by atoms with Crippen molar-refractivity contribution in [3.05, 3.63) is 95.6 Å². The smallest absolute Gasteiger partial charge is 0.344 e. The maximum atomic E-state index is 14.6. The predicted octanol–water partition coefficient (Wildman–Crippen LogP) is 7.10. The van der Waals surface area contributed by atoms with Crippen LogP contribution in [0.15, 0.2) is 52.8 Å². The van der Waals surface area contributed by atoms with Crippen molar-refractivity contribution < 1.29 is 52.7 Å². The Morgan fingerprint density at radius 1 is 0.884 bits per heavy atom. The van der Waals surface area contributed by atoms with E-state index in [0.717, 1.165) is 11.6 Å². The van der Waals surface area contributed by atoms with Crippen molar-refractivity contribution in [2.24, 2.45) is 0 Å². The van der Waals surface area contributed by atoms with Gasteiger partial charge in [0.15, 0.2) is 16.5 Å². The Morgan fingerprint density at radius 2 is 1.44 bits per heavy atom. The normalized spacial score (nSPS) is 11.9. The van der Waals surface area contributed by atoms with Crippen molar-refractivity contribution in [1.82, 2.24) is 0 Å². The molecule has 0 amide bonds. The van der Waals surface area contributed by atoms with E-state index < -0.39 is 65.0 Å². The summed E-state index contributed by atoms with van der Waals surface area (Å²) in [6, 6.07) is 8.85. The summed E-state index contributed by atoms with van der Waals surface area (Å²) in [6.07, 6.45) is 1.61. The van der Waals surface area contributed by atoms with Gasteiger partial charge in [0.2, 0.25) is 17.4 Å². The SMILES string of the molecule is C=Cc1cc(C)c(C(=O)Oc2cc(I)c(S(=O)(=O)Oc3c(F)c(F)c(S(=O)(=O)O)c(F)c3F)c3cccc(I)c23)c(C)c1. The molecule has 0 fully saturated rings. The standard InChI is InChI=1S/C27H16F4I2O8S2/c1-4-13-8-11(2)18(12(3)9-13)27(34)40-17-10-16(33)25(14-6-5-7-15(32)19(14)17)43(38,39)41-24-20(28)22(30)26(42(35,36)37)23(31)21(24)29/h4-10H,1H2,2-3H3,(H,35,36,37). The first-order valence-electron chi connectivity index (χ1n) is 11.5. The molecule has 1 N–H and O–H groups in total. The Bertz CT molecular complexity index is 2050. The third-order valence-electron chi connectivity index (χ3n) is 6.06. The van der Waals surface area contributed by atoms with Gasteiger partial charge in [-0.05, 0) is 87.9 Å². The molecule has 0 aliphatic heterocycles. The molecule has 8 nitrogen and oxygen atoms in total. The molecule has 0 atom stereocenters. The number of halogens is 6. The van der Waals surface area contributed by atoms with Gasteiger partial charge in [-0.15, -0.1) is 0 Å². The minimum atomic E-state index is -5.79. The molecule has 0 radical (unpaired) electrons. The van der Waals surface area contributed by atoms with Crippen LogP contribution >= 0.6 is 45.2 Å². The Kier molecular flexibility index (Phi) is 9.19. The van der Waals surface area contributed by atoms with Gasteiger partial charge in [-0.2, -0.15) is 25.6 Å². The van der Waals surface area contributed by atoms with E-state index in [1.165, 1.54) is 34.7 Å². The average Bonchev–Trinajstić information content (AvgIpc) is 2.88. The number of aryl methyl sites for hydroxylation is 2. The maximum absolute atomic E-state index is 14.6. The number of esters is 1. The maximum Gasteiger partial charge on any atom is 0.344 e. The summed E-state index contributed by atoms with van der Waals surface area (Å²) in [5.41, 5.74) is 2.20. The summed E-state index contributed by atoms with van der Waals surface area (Å²) in [4.78, 5) is 10.2. The summed E-state index contributed by atoms with van der Waals surface area (Å²) in [5, 5.41) is -0.0644. The lowest BCUT2D eigenvalue weighted by molar-refractivity contribution is 0.0735.